The standard InChI is InChI=1S/C15H10N2OS/c18-14-12(11-5-6-19-15(11)17-14)8-10-7-9-3-1-2-4-13(9)16-10/h1-8,16H,(H,17,18). The van der Waals surface area contributed by atoms with Gasteiger partial charge < -0.3 is 10.3 Å². The Hall–Kier alpha value is -2.33. The monoisotopic (exact) mass is 266 g/mol. The average molecular weight is 266 g/mol. The van der Waals surface area contributed by atoms with Crippen molar-refractivity contribution in [1.29, 1.82) is 0 Å². The van der Waals surface area contributed by atoms with Crippen molar-refractivity contribution < 1.29 is 4.79 Å². The second kappa shape index (κ2) is 3.83. The molecule has 1 aliphatic rings. The molecule has 92 valence electrons. The maximum atomic E-state index is 11.9. The number of nitrogens with one attached hydrogen (secondary N) is 2. The molecule has 1 aliphatic heterocycles. The SMILES string of the molecule is O=C1Nc2sccc2C1=Cc1cc2ccccc2[nH]1. The molecule has 4 rings (SSSR count). The van der Waals surface area contributed by atoms with E-state index in [2.05, 4.69) is 22.4 Å². The first-order valence-electron chi connectivity index (χ1n) is 6.00. The van der Waals surface area contributed by atoms with Gasteiger partial charge in [0.25, 0.3) is 5.91 Å². The highest BCUT2D eigenvalue weighted by molar-refractivity contribution is 7.15. The predicted molar refractivity (Wildman–Crippen MR) is 79.1 cm³/mol. The van der Waals surface area contributed by atoms with E-state index in [1.54, 1.807) is 11.3 Å². The maximum Gasteiger partial charge on any atom is 0.257 e. The molecule has 0 aliphatic carbocycles. The lowest BCUT2D eigenvalue weighted by molar-refractivity contribution is -0.110. The Morgan fingerprint density at radius 1 is 1.16 bits per heavy atom. The fourth-order valence-corrected chi connectivity index (χ4v) is 3.18. The van der Waals surface area contributed by atoms with E-state index in [0.717, 1.165) is 32.7 Å². The molecule has 0 radical (unpaired) electrons. The van der Waals surface area contributed by atoms with Crippen molar-refractivity contribution in [3.63, 3.8) is 0 Å². The molecule has 3 aromatic rings. The van der Waals surface area contributed by atoms with Gasteiger partial charge >= 0.3 is 0 Å². The molecule has 2 N–H and O–H groups in total. The third-order valence-corrected chi connectivity index (χ3v) is 4.11. The first kappa shape index (κ1) is 10.6. The van der Waals surface area contributed by atoms with Crippen molar-refractivity contribution in [1.82, 2.24) is 4.98 Å². The van der Waals surface area contributed by atoms with Crippen molar-refractivity contribution in [2.45, 2.75) is 0 Å². The van der Waals surface area contributed by atoms with Gasteiger partial charge in [0.15, 0.2) is 0 Å². The number of fused-ring (bicyclic) bond motifs is 2. The normalized spacial score (nSPS) is 16.0. The van der Waals surface area contributed by atoms with Gasteiger partial charge in [-0.1, -0.05) is 18.2 Å². The number of hydrogen-bond acceptors (Lipinski definition) is 2. The van der Waals surface area contributed by atoms with Gasteiger partial charge in [-0.25, -0.2) is 0 Å². The molecular weight excluding hydrogens is 256 g/mol. The summed E-state index contributed by atoms with van der Waals surface area (Å²) in [5.41, 5.74) is 3.75. The number of para-hydroxylation sites is 1. The Bertz CT molecular complexity index is 792. The average Bonchev–Trinajstić information content (AvgIpc) is 3.06. The lowest BCUT2D eigenvalue weighted by Crippen LogP contribution is -2.03. The van der Waals surface area contributed by atoms with Crippen molar-refractivity contribution in [3.05, 3.63) is 53.0 Å². The molecule has 0 atom stereocenters. The molecule has 4 heteroatoms. The summed E-state index contributed by atoms with van der Waals surface area (Å²) in [4.78, 5) is 15.2. The van der Waals surface area contributed by atoms with Crippen LogP contribution in [0.1, 0.15) is 11.3 Å². The van der Waals surface area contributed by atoms with Gasteiger partial charge in [-0.3, -0.25) is 4.79 Å². The zero-order chi connectivity index (χ0) is 12.8. The molecule has 0 unspecified atom stereocenters. The minimum absolute atomic E-state index is 0.0273. The van der Waals surface area contributed by atoms with E-state index >= 15 is 0 Å². The van der Waals surface area contributed by atoms with E-state index in [4.69, 9.17) is 0 Å². The largest absolute Gasteiger partial charge is 0.355 e. The molecule has 0 fully saturated rings. The van der Waals surface area contributed by atoms with Crippen molar-refractivity contribution in [2.24, 2.45) is 0 Å². The van der Waals surface area contributed by atoms with E-state index in [0.29, 0.717) is 0 Å². The zero-order valence-electron chi connectivity index (χ0n) is 9.94. The van der Waals surface area contributed by atoms with Crippen LogP contribution in [0.4, 0.5) is 5.00 Å². The predicted octanol–water partition coefficient (Wildman–Crippen LogP) is 3.72. The molecule has 1 amide bonds. The molecule has 0 bridgehead atoms. The molecule has 0 saturated carbocycles. The minimum atomic E-state index is -0.0273. The van der Waals surface area contributed by atoms with Gasteiger partial charge in [0.05, 0.1) is 5.57 Å². The lowest BCUT2D eigenvalue weighted by Gasteiger charge is -1.93. The Morgan fingerprint density at radius 3 is 2.95 bits per heavy atom. The Kier molecular flexibility index (Phi) is 2.13. The summed E-state index contributed by atoms with van der Waals surface area (Å²) in [5.74, 6) is -0.0273. The van der Waals surface area contributed by atoms with Crippen LogP contribution in [0.25, 0.3) is 22.6 Å². The number of anilines is 1. The highest BCUT2D eigenvalue weighted by atomic mass is 32.1. The number of hydrogen-bond donors (Lipinski definition) is 2. The van der Waals surface area contributed by atoms with Crippen LogP contribution in [-0.2, 0) is 4.79 Å². The molecule has 3 heterocycles. The summed E-state index contributed by atoms with van der Waals surface area (Å²) in [6.45, 7) is 0. The molecule has 3 nitrogen and oxygen atoms in total. The summed E-state index contributed by atoms with van der Waals surface area (Å²) in [7, 11) is 0. The molecule has 2 aromatic heterocycles. The molecular formula is C15H10N2OS. The van der Waals surface area contributed by atoms with Gasteiger partial charge in [-0.05, 0) is 35.0 Å². The minimum Gasteiger partial charge on any atom is -0.355 e. The number of amides is 1. The molecule has 1 aromatic carbocycles. The van der Waals surface area contributed by atoms with E-state index in [1.165, 1.54) is 0 Å². The van der Waals surface area contributed by atoms with Crippen molar-refractivity contribution in [3.8, 4) is 0 Å². The number of carbonyl (C=O) groups is 1. The Morgan fingerprint density at radius 2 is 2.05 bits per heavy atom. The summed E-state index contributed by atoms with van der Waals surface area (Å²) in [6.07, 6.45) is 1.91. The summed E-state index contributed by atoms with van der Waals surface area (Å²) in [6, 6.07) is 12.1. The van der Waals surface area contributed by atoms with Crippen LogP contribution in [0.3, 0.4) is 0 Å². The fraction of sp³-hybridized carbons (Fsp3) is 0. The lowest BCUT2D eigenvalue weighted by atomic mass is 10.1. The summed E-state index contributed by atoms with van der Waals surface area (Å²) < 4.78 is 0. The van der Waals surface area contributed by atoms with E-state index in [1.807, 2.05) is 35.7 Å². The molecule has 0 spiro atoms. The Balaban J connectivity index is 1.85. The third kappa shape index (κ3) is 1.61. The smallest absolute Gasteiger partial charge is 0.257 e. The zero-order valence-corrected chi connectivity index (χ0v) is 10.8. The first-order chi connectivity index (χ1) is 9.31. The molecule has 0 saturated heterocycles. The summed E-state index contributed by atoms with van der Waals surface area (Å²) in [5, 5.41) is 6.96. The van der Waals surface area contributed by atoms with Crippen LogP contribution < -0.4 is 5.32 Å². The van der Waals surface area contributed by atoms with Crippen LogP contribution >= 0.6 is 11.3 Å². The van der Waals surface area contributed by atoms with Gasteiger partial charge in [0.2, 0.25) is 0 Å². The Labute approximate surface area is 113 Å². The quantitative estimate of drug-likeness (QED) is 0.648. The molecule has 19 heavy (non-hydrogen) atoms. The topological polar surface area (TPSA) is 44.9 Å². The van der Waals surface area contributed by atoms with E-state index < -0.39 is 0 Å². The van der Waals surface area contributed by atoms with Crippen LogP contribution in [0.5, 0.6) is 0 Å². The third-order valence-electron chi connectivity index (χ3n) is 3.28. The van der Waals surface area contributed by atoms with E-state index in [9.17, 15) is 4.79 Å². The highest BCUT2D eigenvalue weighted by Gasteiger charge is 2.25. The second-order valence-corrected chi connectivity index (χ2v) is 5.40. The van der Waals surface area contributed by atoms with Crippen molar-refractivity contribution >= 4 is 44.8 Å². The van der Waals surface area contributed by atoms with Gasteiger partial charge in [0, 0.05) is 16.8 Å². The highest BCUT2D eigenvalue weighted by Crippen LogP contribution is 2.37. The fourth-order valence-electron chi connectivity index (χ4n) is 2.38. The van der Waals surface area contributed by atoms with Gasteiger partial charge in [-0.2, -0.15) is 0 Å². The summed E-state index contributed by atoms with van der Waals surface area (Å²) >= 11 is 1.55. The van der Waals surface area contributed by atoms with Crippen LogP contribution in [0.15, 0.2) is 41.8 Å². The number of H-pyrrole nitrogens is 1. The van der Waals surface area contributed by atoms with Gasteiger partial charge in [-0.15, -0.1) is 11.3 Å². The van der Waals surface area contributed by atoms with E-state index in [-0.39, 0.29) is 5.91 Å². The van der Waals surface area contributed by atoms with Crippen LogP contribution in [-0.4, -0.2) is 10.9 Å². The second-order valence-electron chi connectivity index (χ2n) is 4.49. The first-order valence-corrected chi connectivity index (χ1v) is 6.88. The number of carbonyl (C=O) groups excluding carboxylic acids is 1. The number of aromatic nitrogens is 1. The maximum absolute atomic E-state index is 11.9. The van der Waals surface area contributed by atoms with Crippen molar-refractivity contribution in [2.75, 3.05) is 5.32 Å². The number of rotatable bonds is 1. The van der Waals surface area contributed by atoms with Crippen LogP contribution in [0.2, 0.25) is 0 Å². The van der Waals surface area contributed by atoms with Crippen LogP contribution in [0, 0.1) is 0 Å². The number of benzene rings is 1. The van der Waals surface area contributed by atoms with Gasteiger partial charge in [0.1, 0.15) is 5.00 Å². The number of aromatic amines is 1. The number of thiophene rings is 1.